The van der Waals surface area contributed by atoms with Gasteiger partial charge in [0.2, 0.25) is 0 Å². The molecule has 0 spiro atoms. The Labute approximate surface area is 181 Å². The lowest BCUT2D eigenvalue weighted by atomic mass is 10.0. The summed E-state index contributed by atoms with van der Waals surface area (Å²) in [6.45, 7) is 4.94. The molecule has 1 aromatic heterocycles. The van der Waals surface area contributed by atoms with E-state index in [2.05, 4.69) is 35.3 Å². The average molecular weight is 415 g/mol. The van der Waals surface area contributed by atoms with Crippen molar-refractivity contribution >= 4 is 16.7 Å². The Morgan fingerprint density at radius 2 is 1.84 bits per heavy atom. The lowest BCUT2D eigenvalue weighted by Crippen LogP contribution is -2.26. The van der Waals surface area contributed by atoms with Crippen molar-refractivity contribution in [2.45, 2.75) is 26.8 Å². The third-order valence-electron chi connectivity index (χ3n) is 5.11. The van der Waals surface area contributed by atoms with Crippen molar-refractivity contribution in [3.63, 3.8) is 0 Å². The van der Waals surface area contributed by atoms with Gasteiger partial charge in [-0.2, -0.15) is 4.98 Å². The Hall–Kier alpha value is -3.67. The minimum Gasteiger partial charge on any atom is -0.493 e. The number of amides is 1. The van der Waals surface area contributed by atoms with E-state index >= 15 is 0 Å². The number of hydrogen-bond donors (Lipinski definition) is 0. The summed E-state index contributed by atoms with van der Waals surface area (Å²) < 4.78 is 11.2. The van der Waals surface area contributed by atoms with Crippen molar-refractivity contribution in [3.05, 3.63) is 77.6 Å². The van der Waals surface area contributed by atoms with E-state index in [0.717, 1.165) is 34.1 Å². The van der Waals surface area contributed by atoms with Crippen molar-refractivity contribution in [1.82, 2.24) is 15.0 Å². The number of carbonyl (C=O) groups is 1. The molecule has 0 bridgehead atoms. The summed E-state index contributed by atoms with van der Waals surface area (Å²) in [4.78, 5) is 19.0. The Kier molecular flexibility index (Phi) is 5.98. The first-order valence-electron chi connectivity index (χ1n) is 10.4. The second-order valence-corrected chi connectivity index (χ2v) is 7.50. The van der Waals surface area contributed by atoms with Gasteiger partial charge >= 0.3 is 0 Å². The number of carbonyl (C=O) groups excluding carboxylic acids is 1. The minimum atomic E-state index is -0.0670. The maximum Gasteiger partial charge on any atom is 0.257 e. The van der Waals surface area contributed by atoms with E-state index in [1.807, 2.05) is 37.4 Å². The van der Waals surface area contributed by atoms with Crippen LogP contribution in [0.5, 0.6) is 5.75 Å². The molecule has 1 heterocycles. The van der Waals surface area contributed by atoms with Crippen LogP contribution in [0, 0.1) is 6.92 Å². The molecule has 6 nitrogen and oxygen atoms in total. The Morgan fingerprint density at radius 1 is 1.06 bits per heavy atom. The predicted molar refractivity (Wildman–Crippen MR) is 120 cm³/mol. The molecule has 31 heavy (non-hydrogen) atoms. The smallest absolute Gasteiger partial charge is 0.257 e. The molecule has 1 amide bonds. The Morgan fingerprint density at radius 3 is 2.55 bits per heavy atom. The van der Waals surface area contributed by atoms with Gasteiger partial charge in [0.25, 0.3) is 11.8 Å². The Bertz CT molecular complexity index is 1200. The summed E-state index contributed by atoms with van der Waals surface area (Å²) in [5.41, 5.74) is 2.39. The zero-order valence-corrected chi connectivity index (χ0v) is 18.0. The molecule has 0 fully saturated rings. The molecule has 0 saturated heterocycles. The normalized spacial score (nSPS) is 10.9. The summed E-state index contributed by atoms with van der Waals surface area (Å²) in [6.07, 6.45) is 0.924. The zero-order chi connectivity index (χ0) is 21.8. The van der Waals surface area contributed by atoms with Gasteiger partial charge < -0.3 is 14.2 Å². The third-order valence-corrected chi connectivity index (χ3v) is 5.11. The van der Waals surface area contributed by atoms with Crippen LogP contribution in [0.3, 0.4) is 0 Å². The minimum absolute atomic E-state index is 0.0670. The highest BCUT2D eigenvalue weighted by Crippen LogP contribution is 2.30. The molecule has 0 aliphatic rings. The predicted octanol–water partition coefficient (Wildman–Crippen LogP) is 5.26. The van der Waals surface area contributed by atoms with Crippen molar-refractivity contribution in [3.8, 4) is 17.2 Å². The van der Waals surface area contributed by atoms with Crippen LogP contribution in [0.2, 0.25) is 0 Å². The molecule has 0 radical (unpaired) electrons. The van der Waals surface area contributed by atoms with Gasteiger partial charge in [0.05, 0.1) is 6.61 Å². The molecule has 0 N–H and O–H groups in total. The molecule has 6 heteroatoms. The second kappa shape index (κ2) is 9.00. The van der Waals surface area contributed by atoms with Crippen molar-refractivity contribution in [2.24, 2.45) is 0 Å². The zero-order valence-electron chi connectivity index (χ0n) is 18.0. The van der Waals surface area contributed by atoms with E-state index in [-0.39, 0.29) is 5.91 Å². The summed E-state index contributed by atoms with van der Waals surface area (Å²) in [6, 6.07) is 19.4. The van der Waals surface area contributed by atoms with Crippen LogP contribution in [0.1, 0.15) is 35.1 Å². The fourth-order valence-corrected chi connectivity index (χ4v) is 3.53. The number of nitrogens with zero attached hydrogens (tertiary/aromatic N) is 3. The van der Waals surface area contributed by atoms with Crippen LogP contribution in [-0.2, 0) is 6.54 Å². The topological polar surface area (TPSA) is 68.5 Å². The second-order valence-electron chi connectivity index (χ2n) is 7.50. The number of rotatable bonds is 7. The Balaban J connectivity index is 1.58. The monoisotopic (exact) mass is 415 g/mol. The van der Waals surface area contributed by atoms with Crippen molar-refractivity contribution in [1.29, 1.82) is 0 Å². The van der Waals surface area contributed by atoms with Gasteiger partial charge in [0.15, 0.2) is 5.82 Å². The van der Waals surface area contributed by atoms with Gasteiger partial charge in [-0.3, -0.25) is 4.79 Å². The molecular formula is C25H25N3O3. The highest BCUT2D eigenvalue weighted by atomic mass is 16.5. The molecule has 0 atom stereocenters. The molecule has 0 aliphatic heterocycles. The van der Waals surface area contributed by atoms with Crippen LogP contribution < -0.4 is 4.74 Å². The quantitative estimate of drug-likeness (QED) is 0.412. The SMILES string of the molecule is CCCOc1ccc2ccccc2c1CN(C)C(=O)c1ccc(-c2nc(C)no2)cc1. The van der Waals surface area contributed by atoms with Gasteiger partial charge in [-0.15, -0.1) is 0 Å². The van der Waals surface area contributed by atoms with Crippen LogP contribution in [0.25, 0.3) is 22.2 Å². The van der Waals surface area contributed by atoms with E-state index in [4.69, 9.17) is 9.26 Å². The molecule has 0 aliphatic carbocycles. The number of aryl methyl sites for hydroxylation is 1. The number of benzene rings is 3. The number of fused-ring (bicyclic) bond motifs is 1. The highest BCUT2D eigenvalue weighted by molar-refractivity contribution is 5.95. The van der Waals surface area contributed by atoms with Crippen LogP contribution in [0.15, 0.2) is 65.2 Å². The van der Waals surface area contributed by atoms with Crippen molar-refractivity contribution < 1.29 is 14.1 Å². The largest absolute Gasteiger partial charge is 0.493 e. The van der Waals surface area contributed by atoms with Crippen LogP contribution in [0.4, 0.5) is 0 Å². The molecular weight excluding hydrogens is 390 g/mol. The summed E-state index contributed by atoms with van der Waals surface area (Å²) in [5.74, 6) is 1.77. The van der Waals surface area contributed by atoms with E-state index < -0.39 is 0 Å². The highest BCUT2D eigenvalue weighted by Gasteiger charge is 2.17. The first-order chi connectivity index (χ1) is 15.1. The molecule has 4 aromatic rings. The number of aromatic nitrogens is 2. The molecule has 0 unspecified atom stereocenters. The van der Waals surface area contributed by atoms with Crippen molar-refractivity contribution in [2.75, 3.05) is 13.7 Å². The fraction of sp³-hybridized carbons (Fsp3) is 0.240. The first kappa shape index (κ1) is 20.6. The summed E-state index contributed by atoms with van der Waals surface area (Å²) in [5, 5.41) is 6.03. The van der Waals surface area contributed by atoms with Gasteiger partial charge in [0.1, 0.15) is 5.75 Å². The van der Waals surface area contributed by atoms with Crippen LogP contribution >= 0.6 is 0 Å². The standard InChI is InChI=1S/C25H25N3O3/c1-4-15-30-23-14-13-18-7-5-6-8-21(18)22(23)16-28(3)25(29)20-11-9-19(10-12-20)24-26-17(2)27-31-24/h5-14H,4,15-16H2,1-3H3. The maximum atomic E-state index is 13.1. The molecule has 4 rings (SSSR count). The summed E-state index contributed by atoms with van der Waals surface area (Å²) in [7, 11) is 1.81. The molecule has 3 aromatic carbocycles. The van der Waals surface area contributed by atoms with Crippen LogP contribution in [-0.4, -0.2) is 34.6 Å². The lowest BCUT2D eigenvalue weighted by Gasteiger charge is -2.21. The van der Waals surface area contributed by atoms with E-state index in [1.165, 1.54) is 0 Å². The van der Waals surface area contributed by atoms with Gasteiger partial charge in [-0.05, 0) is 54.4 Å². The number of ether oxygens (including phenoxy) is 1. The van der Waals surface area contributed by atoms with Gasteiger partial charge in [0, 0.05) is 30.3 Å². The van der Waals surface area contributed by atoms with Gasteiger partial charge in [-0.25, -0.2) is 0 Å². The summed E-state index contributed by atoms with van der Waals surface area (Å²) >= 11 is 0. The fourth-order valence-electron chi connectivity index (χ4n) is 3.53. The average Bonchev–Trinajstić information content (AvgIpc) is 3.24. The van der Waals surface area contributed by atoms with E-state index in [0.29, 0.717) is 30.4 Å². The number of hydrogen-bond acceptors (Lipinski definition) is 5. The van der Waals surface area contributed by atoms with E-state index in [9.17, 15) is 4.79 Å². The third kappa shape index (κ3) is 4.43. The molecule has 158 valence electrons. The maximum absolute atomic E-state index is 13.1. The van der Waals surface area contributed by atoms with Gasteiger partial charge in [-0.1, -0.05) is 42.4 Å². The first-order valence-corrected chi connectivity index (χ1v) is 10.4. The van der Waals surface area contributed by atoms with E-state index in [1.54, 1.807) is 24.0 Å². The molecule has 0 saturated carbocycles. The lowest BCUT2D eigenvalue weighted by molar-refractivity contribution is 0.0784.